The summed E-state index contributed by atoms with van der Waals surface area (Å²) in [6.07, 6.45) is 0. The van der Waals surface area contributed by atoms with Crippen molar-refractivity contribution in [1.29, 1.82) is 0 Å². The highest BCUT2D eigenvalue weighted by atomic mass is 19.1. The number of benzene rings is 3. The molecule has 2 N–H and O–H groups in total. The van der Waals surface area contributed by atoms with Crippen LogP contribution in [-0.2, 0) is 23.5 Å². The Labute approximate surface area is 163 Å². The van der Waals surface area contributed by atoms with Crippen LogP contribution in [-0.4, -0.2) is 13.2 Å². The molecule has 3 aromatic rings. The average Bonchev–Trinajstić information content (AvgIpc) is 2.71. The maximum Gasteiger partial charge on any atom is 0.207 e. The van der Waals surface area contributed by atoms with E-state index >= 15 is 4.39 Å². The summed E-state index contributed by atoms with van der Waals surface area (Å²) in [7, 11) is 0. The van der Waals surface area contributed by atoms with Crippen LogP contribution in [0.5, 0.6) is 11.5 Å². The zero-order chi connectivity index (χ0) is 19.4. The van der Waals surface area contributed by atoms with Crippen molar-refractivity contribution in [1.82, 2.24) is 0 Å². The Kier molecular flexibility index (Phi) is 5.28. The van der Waals surface area contributed by atoms with E-state index < -0.39 is 11.4 Å². The summed E-state index contributed by atoms with van der Waals surface area (Å²) in [4.78, 5) is 0. The number of ether oxygens (including phenoxy) is 3. The minimum atomic E-state index is -0.745. The van der Waals surface area contributed by atoms with Gasteiger partial charge >= 0.3 is 0 Å². The molecule has 1 aliphatic rings. The van der Waals surface area contributed by atoms with Crippen molar-refractivity contribution in [2.24, 2.45) is 5.73 Å². The molecule has 4 rings (SSSR count). The highest BCUT2D eigenvalue weighted by molar-refractivity contribution is 5.47. The molecule has 0 bridgehead atoms. The molecule has 0 amide bonds. The first-order chi connectivity index (χ1) is 13.7. The minimum Gasteiger partial charge on any atom is -0.486 e. The molecule has 0 radical (unpaired) electrons. The molecule has 4 nitrogen and oxygen atoms in total. The van der Waals surface area contributed by atoms with Crippen molar-refractivity contribution in [3.05, 3.63) is 95.3 Å². The van der Waals surface area contributed by atoms with Gasteiger partial charge in [-0.15, -0.1) is 0 Å². The Hall–Kier alpha value is -2.89. The van der Waals surface area contributed by atoms with Gasteiger partial charge in [0.2, 0.25) is 5.82 Å². The minimum absolute atomic E-state index is 0.125. The van der Waals surface area contributed by atoms with Crippen molar-refractivity contribution < 1.29 is 18.6 Å². The Morgan fingerprint density at radius 1 is 0.821 bits per heavy atom. The number of hydrogen-bond acceptors (Lipinski definition) is 4. The third-order valence-corrected chi connectivity index (χ3v) is 4.78. The third kappa shape index (κ3) is 3.86. The summed E-state index contributed by atoms with van der Waals surface area (Å²) in [5, 5.41) is 0. The molecule has 1 heterocycles. The van der Waals surface area contributed by atoms with Crippen LogP contribution >= 0.6 is 0 Å². The normalized spacial score (nSPS) is 14.9. The van der Waals surface area contributed by atoms with Gasteiger partial charge in [0.1, 0.15) is 13.2 Å². The SMILES string of the molecule is NC1(c2ccc(OCc3ccccc3)c(F)c2OCc2ccccc2)COC1. The molecule has 3 aromatic carbocycles. The average molecular weight is 379 g/mol. The molecule has 0 unspecified atom stereocenters. The molecule has 0 atom stereocenters. The summed E-state index contributed by atoms with van der Waals surface area (Å²) in [5.74, 6) is -0.277. The molecule has 0 spiro atoms. The van der Waals surface area contributed by atoms with E-state index in [0.29, 0.717) is 18.8 Å². The largest absolute Gasteiger partial charge is 0.486 e. The van der Waals surface area contributed by atoms with E-state index in [1.807, 2.05) is 60.7 Å². The van der Waals surface area contributed by atoms with E-state index in [1.165, 1.54) is 0 Å². The van der Waals surface area contributed by atoms with Crippen LogP contribution in [0.4, 0.5) is 4.39 Å². The topological polar surface area (TPSA) is 53.7 Å². The highest BCUT2D eigenvalue weighted by Crippen LogP contribution is 2.39. The fourth-order valence-electron chi connectivity index (χ4n) is 3.13. The van der Waals surface area contributed by atoms with Crippen molar-refractivity contribution >= 4 is 0 Å². The van der Waals surface area contributed by atoms with E-state index in [2.05, 4.69) is 0 Å². The van der Waals surface area contributed by atoms with Gasteiger partial charge in [0.05, 0.1) is 18.8 Å². The maximum absolute atomic E-state index is 15.3. The zero-order valence-electron chi connectivity index (χ0n) is 15.4. The lowest BCUT2D eigenvalue weighted by Gasteiger charge is -2.39. The number of nitrogens with two attached hydrogens (primary N) is 1. The predicted octanol–water partition coefficient (Wildman–Crippen LogP) is 4.17. The van der Waals surface area contributed by atoms with Crippen LogP contribution in [0.2, 0.25) is 0 Å². The summed E-state index contributed by atoms with van der Waals surface area (Å²) >= 11 is 0. The second-order valence-corrected chi connectivity index (χ2v) is 6.95. The first-order valence-electron chi connectivity index (χ1n) is 9.19. The molecular formula is C23H22FNO3. The van der Waals surface area contributed by atoms with Crippen LogP contribution in [0.25, 0.3) is 0 Å². The van der Waals surface area contributed by atoms with Crippen molar-refractivity contribution in [3.8, 4) is 11.5 Å². The Morgan fingerprint density at radius 2 is 1.39 bits per heavy atom. The molecule has 144 valence electrons. The highest BCUT2D eigenvalue weighted by Gasteiger charge is 2.40. The zero-order valence-corrected chi connectivity index (χ0v) is 15.4. The Bertz CT molecular complexity index is 927. The van der Waals surface area contributed by atoms with Gasteiger partial charge in [-0.2, -0.15) is 4.39 Å². The van der Waals surface area contributed by atoms with Crippen molar-refractivity contribution in [2.75, 3.05) is 13.2 Å². The monoisotopic (exact) mass is 379 g/mol. The van der Waals surface area contributed by atoms with Gasteiger partial charge in [0.25, 0.3) is 0 Å². The molecular weight excluding hydrogens is 357 g/mol. The van der Waals surface area contributed by atoms with Gasteiger partial charge in [0, 0.05) is 5.56 Å². The maximum atomic E-state index is 15.3. The van der Waals surface area contributed by atoms with E-state index in [9.17, 15) is 0 Å². The standard InChI is InChI=1S/C23H22FNO3/c24-21-20(27-13-17-7-3-1-4-8-17)12-11-19(23(25)15-26-16-23)22(21)28-14-18-9-5-2-6-10-18/h1-12H,13-16,25H2. The molecule has 0 aromatic heterocycles. The van der Waals surface area contributed by atoms with E-state index in [0.717, 1.165) is 11.1 Å². The quantitative estimate of drug-likeness (QED) is 0.670. The first kappa shape index (κ1) is 18.5. The summed E-state index contributed by atoms with van der Waals surface area (Å²) in [5.41, 5.74) is 8.12. The summed E-state index contributed by atoms with van der Waals surface area (Å²) in [6, 6.07) is 22.6. The summed E-state index contributed by atoms with van der Waals surface area (Å²) < 4.78 is 32.1. The second kappa shape index (κ2) is 8.00. The number of hydrogen-bond donors (Lipinski definition) is 1. The molecule has 1 saturated heterocycles. The van der Waals surface area contributed by atoms with Crippen LogP contribution in [0.1, 0.15) is 16.7 Å². The van der Waals surface area contributed by atoms with E-state index in [1.54, 1.807) is 12.1 Å². The van der Waals surface area contributed by atoms with E-state index in [-0.39, 0.29) is 24.7 Å². The first-order valence-corrected chi connectivity index (χ1v) is 9.19. The van der Waals surface area contributed by atoms with Gasteiger partial charge in [-0.1, -0.05) is 60.7 Å². The van der Waals surface area contributed by atoms with Crippen LogP contribution in [0.15, 0.2) is 72.8 Å². The van der Waals surface area contributed by atoms with Gasteiger partial charge < -0.3 is 19.9 Å². The molecule has 5 heteroatoms. The lowest BCUT2D eigenvalue weighted by molar-refractivity contribution is -0.0583. The lowest BCUT2D eigenvalue weighted by Crippen LogP contribution is -2.54. The fourth-order valence-corrected chi connectivity index (χ4v) is 3.13. The second-order valence-electron chi connectivity index (χ2n) is 6.95. The third-order valence-electron chi connectivity index (χ3n) is 4.78. The van der Waals surface area contributed by atoms with Crippen LogP contribution in [0.3, 0.4) is 0 Å². The predicted molar refractivity (Wildman–Crippen MR) is 105 cm³/mol. The van der Waals surface area contributed by atoms with E-state index in [4.69, 9.17) is 19.9 Å². The number of halogens is 1. The van der Waals surface area contributed by atoms with Crippen molar-refractivity contribution in [3.63, 3.8) is 0 Å². The van der Waals surface area contributed by atoms with Gasteiger partial charge in [0.15, 0.2) is 11.5 Å². The Morgan fingerprint density at radius 3 is 1.93 bits per heavy atom. The summed E-state index contributed by atoms with van der Waals surface area (Å²) in [6.45, 7) is 1.17. The molecule has 28 heavy (non-hydrogen) atoms. The van der Waals surface area contributed by atoms with Crippen molar-refractivity contribution in [2.45, 2.75) is 18.8 Å². The molecule has 1 fully saturated rings. The van der Waals surface area contributed by atoms with Crippen LogP contribution < -0.4 is 15.2 Å². The molecule has 0 saturated carbocycles. The lowest BCUT2D eigenvalue weighted by atomic mass is 9.88. The van der Waals surface area contributed by atoms with Gasteiger partial charge in [-0.25, -0.2) is 0 Å². The van der Waals surface area contributed by atoms with Gasteiger partial charge in [-0.05, 0) is 23.3 Å². The molecule has 0 aliphatic carbocycles. The number of rotatable bonds is 7. The molecule has 1 aliphatic heterocycles. The van der Waals surface area contributed by atoms with Crippen LogP contribution in [0, 0.1) is 5.82 Å². The van der Waals surface area contributed by atoms with Gasteiger partial charge in [-0.3, -0.25) is 0 Å². The Balaban J connectivity index is 1.60. The smallest absolute Gasteiger partial charge is 0.207 e. The fraction of sp³-hybridized carbons (Fsp3) is 0.217.